The van der Waals surface area contributed by atoms with Crippen molar-refractivity contribution in [2.45, 2.75) is 17.5 Å². The van der Waals surface area contributed by atoms with Crippen LogP contribution >= 0.6 is 0 Å². The molecular weight excluding hydrogens is 176 g/mol. The van der Waals surface area contributed by atoms with Crippen molar-refractivity contribution in [3.8, 4) is 0 Å². The standard InChI is InChI=1S/C8H8O5/c9-6(10)8(11,12)7-4-2-1-3-5(7)13-7/h1-5,11-12H,(H,9,10). The molecule has 3 N–H and O–H groups in total. The van der Waals surface area contributed by atoms with E-state index in [0.717, 1.165) is 0 Å². The van der Waals surface area contributed by atoms with Crippen molar-refractivity contribution in [2.75, 3.05) is 0 Å². The van der Waals surface area contributed by atoms with E-state index in [1.165, 1.54) is 12.2 Å². The Morgan fingerprint density at radius 1 is 1.46 bits per heavy atom. The first-order valence-electron chi connectivity index (χ1n) is 3.73. The van der Waals surface area contributed by atoms with E-state index in [1.54, 1.807) is 12.2 Å². The van der Waals surface area contributed by atoms with E-state index in [4.69, 9.17) is 9.84 Å². The molecule has 0 aromatic carbocycles. The fourth-order valence-electron chi connectivity index (χ4n) is 1.42. The minimum absolute atomic E-state index is 0.552. The summed E-state index contributed by atoms with van der Waals surface area (Å²) in [6.45, 7) is 0. The smallest absolute Gasteiger partial charge is 0.367 e. The van der Waals surface area contributed by atoms with Crippen LogP contribution in [0.1, 0.15) is 0 Å². The predicted molar refractivity (Wildman–Crippen MR) is 40.7 cm³/mol. The summed E-state index contributed by atoms with van der Waals surface area (Å²) in [6.07, 6.45) is 5.54. The molecule has 5 nitrogen and oxygen atoms in total. The molecule has 1 heterocycles. The molecular formula is C8H8O5. The Balaban J connectivity index is 2.33. The first-order chi connectivity index (χ1) is 6.01. The van der Waals surface area contributed by atoms with E-state index < -0.39 is 23.5 Å². The number of hydrogen-bond donors (Lipinski definition) is 3. The van der Waals surface area contributed by atoms with E-state index in [9.17, 15) is 15.0 Å². The van der Waals surface area contributed by atoms with Gasteiger partial charge in [-0.3, -0.25) is 0 Å². The largest absolute Gasteiger partial charge is 0.477 e. The molecule has 2 aliphatic rings. The van der Waals surface area contributed by atoms with Crippen LogP contribution in [0.4, 0.5) is 0 Å². The lowest BCUT2D eigenvalue weighted by Crippen LogP contribution is -2.52. The maximum atomic E-state index is 10.5. The summed E-state index contributed by atoms with van der Waals surface area (Å²) in [5, 5.41) is 27.1. The number of carboxylic acid groups (broad SMARTS) is 1. The van der Waals surface area contributed by atoms with Crippen LogP contribution in [-0.4, -0.2) is 38.8 Å². The summed E-state index contributed by atoms with van der Waals surface area (Å²) < 4.78 is 4.94. The van der Waals surface area contributed by atoms with Gasteiger partial charge in [-0.05, 0) is 6.08 Å². The molecule has 70 valence electrons. The van der Waals surface area contributed by atoms with Gasteiger partial charge in [0, 0.05) is 0 Å². The van der Waals surface area contributed by atoms with Crippen molar-refractivity contribution in [3.63, 3.8) is 0 Å². The molecule has 1 aliphatic carbocycles. The molecule has 0 aromatic rings. The number of rotatable bonds is 2. The quantitative estimate of drug-likeness (QED) is 0.379. The van der Waals surface area contributed by atoms with Crippen molar-refractivity contribution in [2.24, 2.45) is 0 Å². The molecule has 2 unspecified atom stereocenters. The number of epoxide rings is 1. The molecule has 0 bridgehead atoms. The number of fused-ring (bicyclic) bond motifs is 1. The van der Waals surface area contributed by atoms with Crippen molar-refractivity contribution < 1.29 is 24.9 Å². The fraction of sp³-hybridized carbons (Fsp3) is 0.375. The van der Waals surface area contributed by atoms with Crippen LogP contribution in [0, 0.1) is 0 Å². The van der Waals surface area contributed by atoms with Crippen molar-refractivity contribution >= 4 is 5.97 Å². The third kappa shape index (κ3) is 0.888. The monoisotopic (exact) mass is 184 g/mol. The zero-order valence-electron chi connectivity index (χ0n) is 6.54. The molecule has 1 saturated heterocycles. The number of carbonyl (C=O) groups is 1. The molecule has 5 heteroatoms. The lowest BCUT2D eigenvalue weighted by atomic mass is 9.91. The Hall–Kier alpha value is -1.17. The van der Waals surface area contributed by atoms with E-state index >= 15 is 0 Å². The Kier molecular flexibility index (Phi) is 1.42. The van der Waals surface area contributed by atoms with Crippen molar-refractivity contribution in [1.82, 2.24) is 0 Å². The first kappa shape index (κ1) is 8.43. The van der Waals surface area contributed by atoms with Crippen LogP contribution in [0.25, 0.3) is 0 Å². The molecule has 0 spiro atoms. The van der Waals surface area contributed by atoms with Gasteiger partial charge >= 0.3 is 11.8 Å². The maximum Gasteiger partial charge on any atom is 0.367 e. The van der Waals surface area contributed by atoms with Crippen molar-refractivity contribution in [1.29, 1.82) is 0 Å². The van der Waals surface area contributed by atoms with Gasteiger partial charge in [0.1, 0.15) is 6.10 Å². The van der Waals surface area contributed by atoms with Crippen LogP contribution in [0.15, 0.2) is 24.3 Å². The normalized spacial score (nSPS) is 35.7. The Labute approximate surface area is 73.6 Å². The topological polar surface area (TPSA) is 90.3 Å². The summed E-state index contributed by atoms with van der Waals surface area (Å²) in [5.41, 5.74) is -1.49. The average molecular weight is 184 g/mol. The van der Waals surface area contributed by atoms with Gasteiger partial charge in [-0.25, -0.2) is 4.79 Å². The number of hydrogen-bond acceptors (Lipinski definition) is 4. The summed E-state index contributed by atoms with van der Waals surface area (Å²) in [6, 6.07) is 0. The third-order valence-corrected chi connectivity index (χ3v) is 2.27. The van der Waals surface area contributed by atoms with Gasteiger partial charge in [-0.2, -0.15) is 0 Å². The average Bonchev–Trinajstić information content (AvgIpc) is 2.79. The Morgan fingerprint density at radius 3 is 2.69 bits per heavy atom. The first-order valence-corrected chi connectivity index (χ1v) is 3.73. The molecule has 0 saturated carbocycles. The van der Waals surface area contributed by atoms with Crippen LogP contribution in [0.3, 0.4) is 0 Å². The summed E-state index contributed by atoms with van der Waals surface area (Å²) in [4.78, 5) is 10.5. The lowest BCUT2D eigenvalue weighted by molar-refractivity contribution is -0.219. The number of ether oxygens (including phenoxy) is 1. The van der Waals surface area contributed by atoms with E-state index in [-0.39, 0.29) is 0 Å². The van der Waals surface area contributed by atoms with Gasteiger partial charge in [0.05, 0.1) is 0 Å². The predicted octanol–water partition coefficient (Wildman–Crippen LogP) is -0.984. The SMILES string of the molecule is O=C(O)C(O)(O)C12C=CC=CC1O2. The Morgan fingerprint density at radius 2 is 2.15 bits per heavy atom. The van der Waals surface area contributed by atoms with Crippen LogP contribution in [-0.2, 0) is 9.53 Å². The second-order valence-corrected chi connectivity index (χ2v) is 3.05. The highest BCUT2D eigenvalue weighted by Gasteiger charge is 2.70. The van der Waals surface area contributed by atoms with Gasteiger partial charge < -0.3 is 20.1 Å². The highest BCUT2D eigenvalue weighted by atomic mass is 16.7. The number of allylic oxidation sites excluding steroid dienone is 2. The highest BCUT2D eigenvalue weighted by Crippen LogP contribution is 2.48. The van der Waals surface area contributed by atoms with E-state index in [1.807, 2.05) is 0 Å². The van der Waals surface area contributed by atoms with Gasteiger partial charge in [0.15, 0.2) is 5.60 Å². The molecule has 2 rings (SSSR count). The van der Waals surface area contributed by atoms with Gasteiger partial charge in [0.25, 0.3) is 0 Å². The van der Waals surface area contributed by atoms with Crippen LogP contribution < -0.4 is 0 Å². The molecule has 0 aromatic heterocycles. The van der Waals surface area contributed by atoms with Gasteiger partial charge in [-0.1, -0.05) is 18.2 Å². The summed E-state index contributed by atoms with van der Waals surface area (Å²) in [7, 11) is 0. The summed E-state index contributed by atoms with van der Waals surface area (Å²) >= 11 is 0. The van der Waals surface area contributed by atoms with Crippen LogP contribution in [0.5, 0.6) is 0 Å². The van der Waals surface area contributed by atoms with Gasteiger partial charge in [-0.15, -0.1) is 0 Å². The molecule has 0 amide bonds. The van der Waals surface area contributed by atoms with Gasteiger partial charge in [0.2, 0.25) is 0 Å². The summed E-state index contributed by atoms with van der Waals surface area (Å²) in [5.74, 6) is -4.58. The second kappa shape index (κ2) is 2.20. The minimum Gasteiger partial charge on any atom is -0.477 e. The number of aliphatic hydroxyl groups is 2. The second-order valence-electron chi connectivity index (χ2n) is 3.05. The molecule has 1 fully saturated rings. The third-order valence-electron chi connectivity index (χ3n) is 2.27. The van der Waals surface area contributed by atoms with E-state index in [2.05, 4.69) is 0 Å². The molecule has 0 radical (unpaired) electrons. The number of carboxylic acids is 1. The zero-order chi connectivity index (χ0) is 9.69. The van der Waals surface area contributed by atoms with Crippen molar-refractivity contribution in [3.05, 3.63) is 24.3 Å². The zero-order valence-corrected chi connectivity index (χ0v) is 6.54. The molecule has 1 aliphatic heterocycles. The van der Waals surface area contributed by atoms with Crippen LogP contribution in [0.2, 0.25) is 0 Å². The molecule has 2 atom stereocenters. The Bertz CT molecular complexity index is 316. The van der Waals surface area contributed by atoms with E-state index in [0.29, 0.717) is 0 Å². The maximum absolute atomic E-state index is 10.5. The number of aliphatic carboxylic acids is 1. The molecule has 13 heavy (non-hydrogen) atoms. The highest BCUT2D eigenvalue weighted by molar-refractivity contribution is 5.79. The minimum atomic E-state index is -2.86. The lowest BCUT2D eigenvalue weighted by Gasteiger charge is -2.22. The fourth-order valence-corrected chi connectivity index (χ4v) is 1.42.